The number of aromatic nitrogens is 3. The molecular weight excluding hydrogens is 152 g/mol. The van der Waals surface area contributed by atoms with Crippen LogP contribution in [0.15, 0.2) is 0 Å². The fourth-order valence-electron chi connectivity index (χ4n) is 1.38. The van der Waals surface area contributed by atoms with Crippen molar-refractivity contribution in [1.29, 1.82) is 0 Å². The summed E-state index contributed by atoms with van der Waals surface area (Å²) in [6.07, 6.45) is 1.06. The summed E-state index contributed by atoms with van der Waals surface area (Å²) in [6.45, 7) is 4.24. The average molecular weight is 166 g/mol. The van der Waals surface area contributed by atoms with Crippen molar-refractivity contribution in [3.05, 3.63) is 11.6 Å². The number of nitrogens with zero attached hydrogens (tertiary/aromatic N) is 3. The maximum Gasteiger partial charge on any atom is 0.133 e. The summed E-state index contributed by atoms with van der Waals surface area (Å²) in [5, 5.41) is 11.4. The molecule has 0 atom stereocenters. The molecule has 0 aromatic carbocycles. The lowest BCUT2D eigenvalue weighted by molar-refractivity contribution is 0.338. The van der Waals surface area contributed by atoms with Crippen LogP contribution >= 0.6 is 0 Å². The highest BCUT2D eigenvalue weighted by molar-refractivity contribution is 4.96. The third kappa shape index (κ3) is 1.22. The van der Waals surface area contributed by atoms with Gasteiger partial charge in [-0.1, -0.05) is 0 Å². The molecule has 12 heavy (non-hydrogen) atoms. The summed E-state index contributed by atoms with van der Waals surface area (Å²) >= 11 is 0. The highest BCUT2D eigenvalue weighted by atomic mass is 15.3. The second-order valence-corrected chi connectivity index (χ2v) is 3.45. The minimum absolute atomic E-state index is 0.771. The Bertz CT molecular complexity index is 275. The summed E-state index contributed by atoms with van der Waals surface area (Å²) in [5.41, 5.74) is 0. The molecule has 4 heteroatoms. The smallest absolute Gasteiger partial charge is 0.133 e. The molecule has 2 heterocycles. The molecule has 1 aromatic heterocycles. The van der Waals surface area contributed by atoms with E-state index in [4.69, 9.17) is 0 Å². The van der Waals surface area contributed by atoms with Crippen LogP contribution in [0.2, 0.25) is 0 Å². The lowest BCUT2D eigenvalue weighted by atomic mass is 9.99. The molecule has 4 nitrogen and oxygen atoms in total. The van der Waals surface area contributed by atoms with E-state index in [-0.39, 0.29) is 0 Å². The Morgan fingerprint density at radius 2 is 2.25 bits per heavy atom. The van der Waals surface area contributed by atoms with Crippen LogP contribution in [-0.4, -0.2) is 27.9 Å². The molecule has 1 aliphatic heterocycles. The van der Waals surface area contributed by atoms with Crippen LogP contribution in [0.25, 0.3) is 0 Å². The molecule has 0 radical (unpaired) electrons. The van der Waals surface area contributed by atoms with Gasteiger partial charge in [-0.05, 0) is 25.9 Å². The van der Waals surface area contributed by atoms with E-state index in [9.17, 15) is 0 Å². The van der Waals surface area contributed by atoms with Gasteiger partial charge in [-0.2, -0.15) is 0 Å². The first-order chi connectivity index (χ1) is 5.77. The van der Waals surface area contributed by atoms with Gasteiger partial charge in [0.2, 0.25) is 0 Å². The van der Waals surface area contributed by atoms with Crippen LogP contribution in [-0.2, 0) is 13.5 Å². The van der Waals surface area contributed by atoms with E-state index in [0.717, 1.165) is 37.1 Å². The Balaban J connectivity index is 2.06. The normalized spacial score (nSPS) is 17.8. The van der Waals surface area contributed by atoms with E-state index in [1.807, 2.05) is 14.0 Å². The van der Waals surface area contributed by atoms with Crippen molar-refractivity contribution < 1.29 is 0 Å². The lowest BCUT2D eigenvalue weighted by Crippen LogP contribution is -2.43. The van der Waals surface area contributed by atoms with Gasteiger partial charge in [-0.25, -0.2) is 0 Å². The molecule has 2 rings (SSSR count). The highest BCUT2D eigenvalue weighted by Crippen LogP contribution is 2.10. The zero-order valence-corrected chi connectivity index (χ0v) is 7.54. The van der Waals surface area contributed by atoms with Gasteiger partial charge in [0, 0.05) is 13.5 Å². The number of aryl methyl sites for hydroxylation is 1. The maximum atomic E-state index is 4.12. The van der Waals surface area contributed by atoms with E-state index in [0.29, 0.717) is 0 Å². The van der Waals surface area contributed by atoms with E-state index < -0.39 is 0 Å². The van der Waals surface area contributed by atoms with Gasteiger partial charge < -0.3 is 9.88 Å². The molecule has 66 valence electrons. The van der Waals surface area contributed by atoms with Crippen LogP contribution < -0.4 is 5.32 Å². The summed E-state index contributed by atoms with van der Waals surface area (Å²) in [4.78, 5) is 0. The van der Waals surface area contributed by atoms with Crippen molar-refractivity contribution in [2.75, 3.05) is 13.1 Å². The highest BCUT2D eigenvalue weighted by Gasteiger charge is 2.19. The Hall–Kier alpha value is -0.900. The van der Waals surface area contributed by atoms with Gasteiger partial charge >= 0.3 is 0 Å². The summed E-state index contributed by atoms with van der Waals surface area (Å²) in [7, 11) is 2.02. The van der Waals surface area contributed by atoms with Crippen molar-refractivity contribution in [3.8, 4) is 0 Å². The largest absolute Gasteiger partial charge is 0.318 e. The van der Waals surface area contributed by atoms with E-state index in [2.05, 4.69) is 20.1 Å². The first-order valence-electron chi connectivity index (χ1n) is 4.33. The molecule has 1 aromatic rings. The summed E-state index contributed by atoms with van der Waals surface area (Å²) in [5.74, 6) is 2.88. The molecule has 1 saturated heterocycles. The van der Waals surface area contributed by atoms with Crippen molar-refractivity contribution in [1.82, 2.24) is 20.1 Å². The SMILES string of the molecule is Cc1nnc(CC2CNC2)n1C. The zero-order chi connectivity index (χ0) is 8.55. The fourth-order valence-corrected chi connectivity index (χ4v) is 1.38. The van der Waals surface area contributed by atoms with Crippen LogP contribution in [0.3, 0.4) is 0 Å². The number of hydrogen-bond donors (Lipinski definition) is 1. The molecule has 0 unspecified atom stereocenters. The Morgan fingerprint density at radius 1 is 1.50 bits per heavy atom. The first-order valence-corrected chi connectivity index (χ1v) is 4.33. The topological polar surface area (TPSA) is 42.7 Å². The number of hydrogen-bond acceptors (Lipinski definition) is 3. The standard InChI is InChI=1S/C8H14N4/c1-6-10-11-8(12(6)2)3-7-4-9-5-7/h7,9H,3-5H2,1-2H3. The molecule has 0 bridgehead atoms. The van der Waals surface area contributed by atoms with Crippen LogP contribution in [0.5, 0.6) is 0 Å². The van der Waals surface area contributed by atoms with Gasteiger partial charge in [0.1, 0.15) is 11.6 Å². The van der Waals surface area contributed by atoms with Crippen LogP contribution in [0.1, 0.15) is 11.6 Å². The van der Waals surface area contributed by atoms with E-state index in [1.54, 1.807) is 0 Å². The van der Waals surface area contributed by atoms with Gasteiger partial charge in [-0.15, -0.1) is 10.2 Å². The third-order valence-corrected chi connectivity index (χ3v) is 2.52. The molecule has 0 saturated carbocycles. The predicted octanol–water partition coefficient (Wildman–Crippen LogP) is -0.115. The van der Waals surface area contributed by atoms with E-state index in [1.165, 1.54) is 0 Å². The average Bonchev–Trinajstić information content (AvgIpc) is 2.27. The predicted molar refractivity (Wildman–Crippen MR) is 45.8 cm³/mol. The Labute approximate surface area is 72.0 Å². The van der Waals surface area contributed by atoms with Crippen molar-refractivity contribution in [2.45, 2.75) is 13.3 Å². The third-order valence-electron chi connectivity index (χ3n) is 2.52. The molecule has 1 aliphatic rings. The molecular formula is C8H14N4. The first kappa shape index (κ1) is 7.73. The Morgan fingerprint density at radius 3 is 2.67 bits per heavy atom. The molecule has 1 fully saturated rings. The molecule has 1 N–H and O–H groups in total. The van der Waals surface area contributed by atoms with Gasteiger partial charge in [0.05, 0.1) is 0 Å². The van der Waals surface area contributed by atoms with Crippen molar-refractivity contribution >= 4 is 0 Å². The molecule has 0 amide bonds. The summed E-state index contributed by atoms with van der Waals surface area (Å²) in [6, 6.07) is 0. The summed E-state index contributed by atoms with van der Waals surface area (Å²) < 4.78 is 2.07. The number of rotatable bonds is 2. The molecule has 0 spiro atoms. The molecule has 0 aliphatic carbocycles. The fraction of sp³-hybridized carbons (Fsp3) is 0.750. The van der Waals surface area contributed by atoms with Gasteiger partial charge in [0.15, 0.2) is 0 Å². The monoisotopic (exact) mass is 166 g/mol. The minimum Gasteiger partial charge on any atom is -0.318 e. The number of nitrogens with one attached hydrogen (secondary N) is 1. The van der Waals surface area contributed by atoms with Crippen LogP contribution in [0.4, 0.5) is 0 Å². The van der Waals surface area contributed by atoms with Gasteiger partial charge in [0.25, 0.3) is 0 Å². The quantitative estimate of drug-likeness (QED) is 0.666. The van der Waals surface area contributed by atoms with Crippen LogP contribution in [0, 0.1) is 12.8 Å². The van der Waals surface area contributed by atoms with Crippen molar-refractivity contribution in [2.24, 2.45) is 13.0 Å². The maximum absolute atomic E-state index is 4.12. The Kier molecular flexibility index (Phi) is 1.84. The zero-order valence-electron chi connectivity index (χ0n) is 7.54. The van der Waals surface area contributed by atoms with E-state index >= 15 is 0 Å². The second kappa shape index (κ2) is 2.86. The second-order valence-electron chi connectivity index (χ2n) is 3.45. The lowest BCUT2D eigenvalue weighted by Gasteiger charge is -2.26. The van der Waals surface area contributed by atoms with Gasteiger partial charge in [-0.3, -0.25) is 0 Å². The van der Waals surface area contributed by atoms with Crippen molar-refractivity contribution in [3.63, 3.8) is 0 Å². The minimum atomic E-state index is 0.771.